The number of nitrogens with zero attached hydrogens (tertiary/aromatic N) is 1. The molecular formula is C10H21NO2. The summed E-state index contributed by atoms with van der Waals surface area (Å²) >= 11 is 0. The van der Waals surface area contributed by atoms with Crippen molar-refractivity contribution in [2.45, 2.75) is 33.2 Å². The first-order valence-corrected chi connectivity index (χ1v) is 4.81. The monoisotopic (exact) mass is 187 g/mol. The normalized spacial score (nSPS) is 13.5. The Balaban J connectivity index is 4.05. The van der Waals surface area contributed by atoms with Crippen LogP contribution in [-0.2, 0) is 9.53 Å². The van der Waals surface area contributed by atoms with Gasteiger partial charge in [0.15, 0.2) is 0 Å². The van der Waals surface area contributed by atoms with E-state index in [2.05, 4.69) is 18.7 Å². The first-order valence-electron chi connectivity index (χ1n) is 4.81. The van der Waals surface area contributed by atoms with Gasteiger partial charge in [0.1, 0.15) is 0 Å². The number of methoxy groups -OCH3 is 1. The van der Waals surface area contributed by atoms with Gasteiger partial charge < -0.3 is 9.64 Å². The van der Waals surface area contributed by atoms with Crippen LogP contribution in [0.4, 0.5) is 0 Å². The molecule has 0 heterocycles. The second-order valence-electron chi connectivity index (χ2n) is 3.66. The Morgan fingerprint density at radius 2 is 2.00 bits per heavy atom. The van der Waals surface area contributed by atoms with Crippen molar-refractivity contribution >= 4 is 5.97 Å². The summed E-state index contributed by atoms with van der Waals surface area (Å²) in [7, 11) is 3.47. The molecule has 1 atom stereocenters. The van der Waals surface area contributed by atoms with E-state index in [0.29, 0.717) is 6.04 Å². The molecular weight excluding hydrogens is 166 g/mol. The molecule has 0 saturated heterocycles. The summed E-state index contributed by atoms with van der Waals surface area (Å²) < 4.78 is 4.72. The van der Waals surface area contributed by atoms with E-state index in [-0.39, 0.29) is 11.9 Å². The number of hydrogen-bond acceptors (Lipinski definition) is 3. The van der Waals surface area contributed by atoms with E-state index in [1.54, 1.807) is 0 Å². The second-order valence-corrected chi connectivity index (χ2v) is 3.66. The van der Waals surface area contributed by atoms with Crippen LogP contribution in [-0.4, -0.2) is 37.6 Å². The zero-order valence-electron chi connectivity index (χ0n) is 9.33. The van der Waals surface area contributed by atoms with Crippen LogP contribution in [0.1, 0.15) is 27.2 Å². The number of hydrogen-bond donors (Lipinski definition) is 0. The maximum absolute atomic E-state index is 11.3. The lowest BCUT2D eigenvalue weighted by molar-refractivity contribution is -0.146. The van der Waals surface area contributed by atoms with Gasteiger partial charge in [0.2, 0.25) is 0 Å². The number of carbonyl (C=O) groups is 1. The second kappa shape index (κ2) is 5.97. The summed E-state index contributed by atoms with van der Waals surface area (Å²) in [5.41, 5.74) is 0. The minimum absolute atomic E-state index is 0.0115. The van der Waals surface area contributed by atoms with Crippen LogP contribution in [0, 0.1) is 5.92 Å². The summed E-state index contributed by atoms with van der Waals surface area (Å²) in [5, 5.41) is 0. The minimum atomic E-state index is -0.102. The highest BCUT2D eigenvalue weighted by atomic mass is 16.5. The van der Waals surface area contributed by atoms with Crippen molar-refractivity contribution in [2.24, 2.45) is 5.92 Å². The van der Waals surface area contributed by atoms with Crippen molar-refractivity contribution in [1.29, 1.82) is 0 Å². The van der Waals surface area contributed by atoms with Gasteiger partial charge in [-0.15, -0.1) is 0 Å². The summed E-state index contributed by atoms with van der Waals surface area (Å²) in [4.78, 5) is 13.4. The molecule has 0 fully saturated rings. The predicted octanol–water partition coefficient (Wildman–Crippen LogP) is 1.53. The van der Waals surface area contributed by atoms with Gasteiger partial charge >= 0.3 is 5.97 Å². The first-order chi connectivity index (χ1) is 6.02. The fraction of sp³-hybridized carbons (Fsp3) is 0.900. The van der Waals surface area contributed by atoms with Gasteiger partial charge in [-0.1, -0.05) is 6.92 Å². The van der Waals surface area contributed by atoms with Gasteiger partial charge in [-0.05, 0) is 27.3 Å². The Kier molecular flexibility index (Phi) is 5.71. The summed E-state index contributed by atoms with van der Waals surface area (Å²) in [6.07, 6.45) is 0.837. The van der Waals surface area contributed by atoms with E-state index in [9.17, 15) is 4.79 Å². The average molecular weight is 187 g/mol. The molecule has 0 aromatic rings. The van der Waals surface area contributed by atoms with Crippen molar-refractivity contribution in [1.82, 2.24) is 4.90 Å². The van der Waals surface area contributed by atoms with Gasteiger partial charge in [-0.3, -0.25) is 4.79 Å². The van der Waals surface area contributed by atoms with Crippen LogP contribution in [0.15, 0.2) is 0 Å². The molecule has 78 valence electrons. The van der Waals surface area contributed by atoms with E-state index >= 15 is 0 Å². The molecule has 0 aliphatic rings. The van der Waals surface area contributed by atoms with Crippen molar-refractivity contribution in [2.75, 3.05) is 20.7 Å². The molecule has 3 heteroatoms. The van der Waals surface area contributed by atoms with E-state index in [4.69, 9.17) is 4.74 Å². The van der Waals surface area contributed by atoms with Crippen LogP contribution < -0.4 is 0 Å². The Hall–Kier alpha value is -0.570. The Labute approximate surface area is 81.1 Å². The van der Waals surface area contributed by atoms with Crippen molar-refractivity contribution in [3.8, 4) is 0 Å². The molecule has 0 aromatic heterocycles. The molecule has 13 heavy (non-hydrogen) atoms. The molecule has 0 bridgehead atoms. The maximum Gasteiger partial charge on any atom is 0.309 e. The van der Waals surface area contributed by atoms with E-state index in [1.807, 2.05) is 14.0 Å². The molecule has 0 rings (SSSR count). The summed E-state index contributed by atoms with van der Waals surface area (Å²) in [6.45, 7) is 7.02. The SMILES string of the molecule is CCC(CN(C)C(C)C)C(=O)OC. The van der Waals surface area contributed by atoms with Gasteiger partial charge in [0, 0.05) is 12.6 Å². The van der Waals surface area contributed by atoms with Crippen LogP contribution >= 0.6 is 0 Å². The van der Waals surface area contributed by atoms with Crippen LogP contribution in [0.2, 0.25) is 0 Å². The lowest BCUT2D eigenvalue weighted by Crippen LogP contribution is -2.35. The molecule has 0 aliphatic carbocycles. The molecule has 0 N–H and O–H groups in total. The molecule has 3 nitrogen and oxygen atoms in total. The van der Waals surface area contributed by atoms with Gasteiger partial charge in [0.25, 0.3) is 0 Å². The Morgan fingerprint density at radius 3 is 2.31 bits per heavy atom. The predicted molar refractivity (Wildman–Crippen MR) is 53.6 cm³/mol. The van der Waals surface area contributed by atoms with Crippen LogP contribution in [0.25, 0.3) is 0 Å². The van der Waals surface area contributed by atoms with Gasteiger partial charge in [0.05, 0.1) is 13.0 Å². The molecule has 0 radical (unpaired) electrons. The fourth-order valence-corrected chi connectivity index (χ4v) is 1.10. The maximum atomic E-state index is 11.3. The third-order valence-electron chi connectivity index (χ3n) is 2.42. The third-order valence-corrected chi connectivity index (χ3v) is 2.42. The van der Waals surface area contributed by atoms with Crippen LogP contribution in [0.3, 0.4) is 0 Å². The minimum Gasteiger partial charge on any atom is -0.469 e. The van der Waals surface area contributed by atoms with Crippen molar-refractivity contribution < 1.29 is 9.53 Å². The van der Waals surface area contributed by atoms with E-state index in [0.717, 1.165) is 13.0 Å². The Bertz CT molecular complexity index is 157. The lowest BCUT2D eigenvalue weighted by atomic mass is 10.1. The molecule has 0 spiro atoms. The quantitative estimate of drug-likeness (QED) is 0.611. The zero-order chi connectivity index (χ0) is 10.4. The van der Waals surface area contributed by atoms with Gasteiger partial charge in [-0.25, -0.2) is 0 Å². The van der Waals surface area contributed by atoms with Crippen molar-refractivity contribution in [3.63, 3.8) is 0 Å². The third kappa shape index (κ3) is 4.27. The van der Waals surface area contributed by atoms with Gasteiger partial charge in [-0.2, -0.15) is 0 Å². The standard InChI is InChI=1S/C10H21NO2/c1-6-9(10(12)13-5)7-11(4)8(2)3/h8-9H,6-7H2,1-5H3. The summed E-state index contributed by atoms with van der Waals surface area (Å²) in [5.74, 6) is -0.0904. The highest BCUT2D eigenvalue weighted by Gasteiger charge is 2.19. The topological polar surface area (TPSA) is 29.5 Å². The molecule has 0 aromatic carbocycles. The zero-order valence-corrected chi connectivity index (χ0v) is 9.33. The Morgan fingerprint density at radius 1 is 1.46 bits per heavy atom. The first kappa shape index (κ1) is 12.4. The number of carbonyl (C=O) groups excluding carboxylic acids is 1. The van der Waals surface area contributed by atoms with E-state index < -0.39 is 0 Å². The summed E-state index contributed by atoms with van der Waals surface area (Å²) in [6, 6.07) is 0.471. The van der Waals surface area contributed by atoms with Crippen molar-refractivity contribution in [3.05, 3.63) is 0 Å². The number of esters is 1. The van der Waals surface area contributed by atoms with Crippen LogP contribution in [0.5, 0.6) is 0 Å². The molecule has 1 unspecified atom stereocenters. The number of rotatable bonds is 5. The largest absolute Gasteiger partial charge is 0.469 e. The molecule has 0 aliphatic heterocycles. The van der Waals surface area contributed by atoms with E-state index in [1.165, 1.54) is 7.11 Å². The fourth-order valence-electron chi connectivity index (χ4n) is 1.10. The highest BCUT2D eigenvalue weighted by Crippen LogP contribution is 2.08. The lowest BCUT2D eigenvalue weighted by Gasteiger charge is -2.24. The highest BCUT2D eigenvalue weighted by molar-refractivity contribution is 5.72. The molecule has 0 amide bonds. The molecule has 0 saturated carbocycles. The smallest absolute Gasteiger partial charge is 0.309 e. The number of ether oxygens (including phenoxy) is 1. The average Bonchev–Trinajstić information content (AvgIpc) is 2.12.